The van der Waals surface area contributed by atoms with Crippen molar-refractivity contribution < 1.29 is 9.53 Å². The maximum atomic E-state index is 12.5. The maximum absolute atomic E-state index is 12.5. The fourth-order valence-electron chi connectivity index (χ4n) is 2.44. The standard InChI is InChI=1S/C18H17ClN4O2/c1-12-9-15(16(25-2)10-13(12)19)22-17(24)11-23-8-7-21-18(23)14-5-3-4-6-20-14/h3-10H,11H2,1-2H3,(H,22,24). The molecule has 0 bridgehead atoms. The Labute approximate surface area is 150 Å². The van der Waals surface area contributed by atoms with Gasteiger partial charge >= 0.3 is 0 Å². The molecule has 6 nitrogen and oxygen atoms in total. The summed E-state index contributed by atoms with van der Waals surface area (Å²) in [5.41, 5.74) is 2.14. The molecule has 0 saturated carbocycles. The zero-order chi connectivity index (χ0) is 17.8. The molecule has 0 aliphatic rings. The Morgan fingerprint density at radius 2 is 2.12 bits per heavy atom. The molecule has 0 saturated heterocycles. The van der Waals surface area contributed by atoms with Gasteiger partial charge in [-0.1, -0.05) is 17.7 Å². The first-order valence-electron chi connectivity index (χ1n) is 7.65. The lowest BCUT2D eigenvalue weighted by Gasteiger charge is -2.13. The molecule has 3 rings (SSSR count). The van der Waals surface area contributed by atoms with E-state index in [1.165, 1.54) is 7.11 Å². The number of pyridine rings is 1. The number of hydrogen-bond donors (Lipinski definition) is 1. The van der Waals surface area contributed by atoms with Gasteiger partial charge in [-0.25, -0.2) is 4.98 Å². The third-order valence-electron chi connectivity index (χ3n) is 3.68. The van der Waals surface area contributed by atoms with Crippen LogP contribution < -0.4 is 10.1 Å². The predicted molar refractivity (Wildman–Crippen MR) is 96.8 cm³/mol. The topological polar surface area (TPSA) is 69.0 Å². The first-order valence-corrected chi connectivity index (χ1v) is 8.03. The number of methoxy groups -OCH3 is 1. The van der Waals surface area contributed by atoms with Crippen molar-refractivity contribution in [2.75, 3.05) is 12.4 Å². The number of aromatic nitrogens is 3. The van der Waals surface area contributed by atoms with E-state index in [-0.39, 0.29) is 12.5 Å². The van der Waals surface area contributed by atoms with Gasteiger partial charge in [-0.3, -0.25) is 9.78 Å². The highest BCUT2D eigenvalue weighted by molar-refractivity contribution is 6.31. The summed E-state index contributed by atoms with van der Waals surface area (Å²) in [6, 6.07) is 9.03. The lowest BCUT2D eigenvalue weighted by Crippen LogP contribution is -2.19. The van der Waals surface area contributed by atoms with E-state index in [4.69, 9.17) is 16.3 Å². The minimum absolute atomic E-state index is 0.108. The summed E-state index contributed by atoms with van der Waals surface area (Å²) >= 11 is 6.09. The second kappa shape index (κ2) is 7.36. The fraction of sp³-hybridized carbons (Fsp3) is 0.167. The number of carbonyl (C=O) groups excluding carboxylic acids is 1. The lowest BCUT2D eigenvalue weighted by atomic mass is 10.2. The van der Waals surface area contributed by atoms with E-state index in [0.717, 1.165) is 5.56 Å². The first-order chi connectivity index (χ1) is 12.1. The maximum Gasteiger partial charge on any atom is 0.244 e. The number of hydrogen-bond acceptors (Lipinski definition) is 4. The van der Waals surface area contributed by atoms with Gasteiger partial charge in [0.15, 0.2) is 5.82 Å². The van der Waals surface area contributed by atoms with Crippen LogP contribution in [-0.2, 0) is 11.3 Å². The van der Waals surface area contributed by atoms with Gasteiger partial charge in [-0.05, 0) is 30.7 Å². The van der Waals surface area contributed by atoms with Gasteiger partial charge < -0.3 is 14.6 Å². The Morgan fingerprint density at radius 1 is 1.28 bits per heavy atom. The van der Waals surface area contributed by atoms with Crippen LogP contribution in [0.5, 0.6) is 5.75 Å². The molecule has 0 radical (unpaired) electrons. The van der Waals surface area contributed by atoms with Gasteiger partial charge in [0.2, 0.25) is 5.91 Å². The van der Waals surface area contributed by atoms with E-state index < -0.39 is 0 Å². The second-order valence-electron chi connectivity index (χ2n) is 5.44. The number of halogens is 1. The Balaban J connectivity index is 1.79. The largest absolute Gasteiger partial charge is 0.495 e. The number of carbonyl (C=O) groups is 1. The Bertz CT molecular complexity index is 893. The highest BCUT2D eigenvalue weighted by atomic mass is 35.5. The van der Waals surface area contributed by atoms with Crippen LogP contribution in [0.2, 0.25) is 5.02 Å². The van der Waals surface area contributed by atoms with Crippen molar-refractivity contribution in [2.45, 2.75) is 13.5 Å². The molecule has 1 amide bonds. The van der Waals surface area contributed by atoms with Crippen molar-refractivity contribution in [2.24, 2.45) is 0 Å². The first kappa shape index (κ1) is 17.0. The molecule has 128 valence electrons. The number of nitrogens with zero attached hydrogens (tertiary/aromatic N) is 3. The Kier molecular flexibility index (Phi) is 5.00. The fourth-order valence-corrected chi connectivity index (χ4v) is 2.59. The molecular formula is C18H17ClN4O2. The van der Waals surface area contributed by atoms with Gasteiger partial charge in [-0.2, -0.15) is 0 Å². The predicted octanol–water partition coefficient (Wildman–Crippen LogP) is 3.55. The third-order valence-corrected chi connectivity index (χ3v) is 4.09. The van der Waals surface area contributed by atoms with E-state index in [2.05, 4.69) is 15.3 Å². The summed E-state index contributed by atoms with van der Waals surface area (Å²) in [7, 11) is 1.53. The highest BCUT2D eigenvalue weighted by Gasteiger charge is 2.13. The molecule has 1 aromatic carbocycles. The number of imidazole rings is 1. The molecule has 0 aliphatic heterocycles. The van der Waals surface area contributed by atoms with Crippen molar-refractivity contribution in [1.82, 2.24) is 14.5 Å². The normalized spacial score (nSPS) is 10.5. The van der Waals surface area contributed by atoms with Crippen molar-refractivity contribution in [3.8, 4) is 17.3 Å². The van der Waals surface area contributed by atoms with Crippen LogP contribution in [0.3, 0.4) is 0 Å². The van der Waals surface area contributed by atoms with E-state index in [9.17, 15) is 4.79 Å². The van der Waals surface area contributed by atoms with Crippen LogP contribution in [-0.4, -0.2) is 27.6 Å². The van der Waals surface area contributed by atoms with Crippen LogP contribution in [0.4, 0.5) is 5.69 Å². The molecule has 25 heavy (non-hydrogen) atoms. The van der Waals surface area contributed by atoms with E-state index in [1.807, 2.05) is 25.1 Å². The molecule has 0 spiro atoms. The summed E-state index contributed by atoms with van der Waals surface area (Å²) in [4.78, 5) is 21.0. The van der Waals surface area contributed by atoms with Crippen molar-refractivity contribution in [3.05, 3.63) is 59.5 Å². The summed E-state index contributed by atoms with van der Waals surface area (Å²) in [5, 5.41) is 3.44. The van der Waals surface area contributed by atoms with Crippen LogP contribution in [0.25, 0.3) is 11.5 Å². The number of benzene rings is 1. The van der Waals surface area contributed by atoms with E-state index in [0.29, 0.717) is 28.0 Å². The van der Waals surface area contributed by atoms with E-state index in [1.54, 1.807) is 35.3 Å². The molecular weight excluding hydrogens is 340 g/mol. The zero-order valence-electron chi connectivity index (χ0n) is 13.9. The molecule has 0 unspecified atom stereocenters. The molecule has 7 heteroatoms. The Morgan fingerprint density at radius 3 is 2.84 bits per heavy atom. The lowest BCUT2D eigenvalue weighted by molar-refractivity contribution is -0.116. The molecule has 3 aromatic rings. The summed E-state index contributed by atoms with van der Waals surface area (Å²) < 4.78 is 7.02. The smallest absolute Gasteiger partial charge is 0.244 e. The van der Waals surface area contributed by atoms with Crippen molar-refractivity contribution >= 4 is 23.2 Å². The summed E-state index contributed by atoms with van der Waals surface area (Å²) in [5.74, 6) is 0.949. The van der Waals surface area contributed by atoms with E-state index >= 15 is 0 Å². The minimum atomic E-state index is -0.199. The van der Waals surface area contributed by atoms with Gasteiger partial charge in [0, 0.05) is 29.7 Å². The molecule has 0 atom stereocenters. The number of ether oxygens (including phenoxy) is 1. The zero-order valence-corrected chi connectivity index (χ0v) is 14.6. The van der Waals surface area contributed by atoms with Crippen LogP contribution >= 0.6 is 11.6 Å². The second-order valence-corrected chi connectivity index (χ2v) is 5.85. The monoisotopic (exact) mass is 356 g/mol. The summed E-state index contributed by atoms with van der Waals surface area (Å²) in [6.45, 7) is 1.98. The van der Waals surface area contributed by atoms with Crippen molar-refractivity contribution in [1.29, 1.82) is 0 Å². The van der Waals surface area contributed by atoms with Gasteiger partial charge in [-0.15, -0.1) is 0 Å². The van der Waals surface area contributed by atoms with Crippen LogP contribution in [0, 0.1) is 6.92 Å². The molecule has 1 N–H and O–H groups in total. The van der Waals surface area contributed by atoms with Crippen LogP contribution in [0.15, 0.2) is 48.9 Å². The quantitative estimate of drug-likeness (QED) is 0.759. The van der Waals surface area contributed by atoms with Crippen LogP contribution in [0.1, 0.15) is 5.56 Å². The SMILES string of the molecule is COc1cc(Cl)c(C)cc1NC(=O)Cn1ccnc1-c1ccccn1. The average molecular weight is 357 g/mol. The highest BCUT2D eigenvalue weighted by Crippen LogP contribution is 2.31. The Hall–Kier alpha value is -2.86. The summed E-state index contributed by atoms with van der Waals surface area (Å²) in [6.07, 6.45) is 5.08. The van der Waals surface area contributed by atoms with Gasteiger partial charge in [0.1, 0.15) is 18.0 Å². The average Bonchev–Trinajstić information content (AvgIpc) is 3.06. The number of amides is 1. The minimum Gasteiger partial charge on any atom is -0.495 e. The molecule has 2 aromatic heterocycles. The number of aryl methyl sites for hydroxylation is 1. The number of nitrogens with one attached hydrogen (secondary N) is 1. The molecule has 0 aliphatic carbocycles. The van der Waals surface area contributed by atoms with Crippen molar-refractivity contribution in [3.63, 3.8) is 0 Å². The molecule has 2 heterocycles. The van der Waals surface area contributed by atoms with Gasteiger partial charge in [0.25, 0.3) is 0 Å². The number of anilines is 1. The van der Waals surface area contributed by atoms with Gasteiger partial charge in [0.05, 0.1) is 12.8 Å². The number of rotatable bonds is 5. The molecule has 0 fully saturated rings. The third kappa shape index (κ3) is 3.80.